The van der Waals surface area contributed by atoms with Crippen molar-refractivity contribution in [2.45, 2.75) is 52.1 Å². The van der Waals surface area contributed by atoms with Gasteiger partial charge in [0.2, 0.25) is 5.95 Å². The van der Waals surface area contributed by atoms with E-state index in [1.54, 1.807) is 0 Å². The quantitative estimate of drug-likeness (QED) is 0.915. The van der Waals surface area contributed by atoms with Crippen molar-refractivity contribution in [2.75, 3.05) is 11.9 Å². The highest BCUT2D eigenvalue weighted by Gasteiger charge is 2.27. The Bertz CT molecular complexity index is 602. The molecule has 1 atom stereocenters. The Morgan fingerprint density at radius 3 is 2.80 bits per heavy atom. The first-order valence-corrected chi connectivity index (χ1v) is 7.34. The van der Waals surface area contributed by atoms with Crippen molar-refractivity contribution < 1.29 is 0 Å². The molecule has 0 fully saturated rings. The maximum atomic E-state index is 4.75. The first-order valence-electron chi connectivity index (χ1n) is 7.34. The Hall–Kier alpha value is -1.78. The van der Waals surface area contributed by atoms with Gasteiger partial charge in [0, 0.05) is 36.5 Å². The zero-order valence-corrected chi connectivity index (χ0v) is 12.7. The molecule has 1 N–H and O–H groups in total. The minimum Gasteiger partial charge on any atom is -0.356 e. The maximum Gasteiger partial charge on any atom is 0.203 e. The van der Waals surface area contributed by atoms with Gasteiger partial charge in [-0.15, -0.1) is 0 Å². The lowest BCUT2D eigenvalue weighted by atomic mass is 9.93. The van der Waals surface area contributed by atoms with Crippen LogP contribution in [-0.4, -0.2) is 25.9 Å². The van der Waals surface area contributed by atoms with Gasteiger partial charge in [-0.1, -0.05) is 20.8 Å². The van der Waals surface area contributed by atoms with Crippen LogP contribution in [-0.2, 0) is 12.0 Å². The zero-order chi connectivity index (χ0) is 14.3. The van der Waals surface area contributed by atoms with Crippen LogP contribution in [0.1, 0.15) is 51.4 Å². The summed E-state index contributed by atoms with van der Waals surface area (Å²) in [5, 5.41) is 7.80. The van der Waals surface area contributed by atoms with E-state index in [4.69, 9.17) is 4.98 Å². The third-order valence-corrected chi connectivity index (χ3v) is 3.90. The summed E-state index contributed by atoms with van der Waals surface area (Å²) in [6, 6.07) is 0.343. The normalized spacial score (nSPS) is 18.7. The lowest BCUT2D eigenvalue weighted by Crippen LogP contribution is -2.23. The Kier molecular flexibility index (Phi) is 3.07. The van der Waals surface area contributed by atoms with E-state index in [-0.39, 0.29) is 5.41 Å². The second kappa shape index (κ2) is 4.65. The Labute approximate surface area is 120 Å². The van der Waals surface area contributed by atoms with E-state index in [0.29, 0.717) is 6.04 Å². The van der Waals surface area contributed by atoms with E-state index in [1.807, 2.05) is 10.9 Å². The number of hydrogen-bond acceptors (Lipinski definition) is 3. The molecule has 0 saturated heterocycles. The maximum absolute atomic E-state index is 4.75. The molecule has 2 aromatic rings. The lowest BCUT2D eigenvalue weighted by molar-refractivity contribution is 0.526. The van der Waals surface area contributed by atoms with Crippen LogP contribution in [0.3, 0.4) is 0 Å². The van der Waals surface area contributed by atoms with Crippen LogP contribution in [0, 0.1) is 0 Å². The van der Waals surface area contributed by atoms with Crippen LogP contribution in [0.2, 0.25) is 0 Å². The van der Waals surface area contributed by atoms with Gasteiger partial charge < -0.3 is 9.88 Å². The number of imidazole rings is 1. The van der Waals surface area contributed by atoms with Gasteiger partial charge in [-0.25, -0.2) is 4.98 Å². The highest BCUT2D eigenvalue weighted by atomic mass is 15.3. The molecule has 0 amide bonds. The molecule has 0 bridgehead atoms. The van der Waals surface area contributed by atoms with E-state index in [2.05, 4.69) is 55.1 Å². The molecule has 0 saturated carbocycles. The summed E-state index contributed by atoms with van der Waals surface area (Å²) >= 11 is 0. The van der Waals surface area contributed by atoms with Crippen molar-refractivity contribution in [1.29, 1.82) is 0 Å². The number of nitrogens with one attached hydrogen (secondary N) is 1. The number of nitrogens with zero attached hydrogens (tertiary/aromatic N) is 4. The third-order valence-electron chi connectivity index (χ3n) is 3.90. The summed E-state index contributed by atoms with van der Waals surface area (Å²) in [6.07, 6.45) is 7.40. The smallest absolute Gasteiger partial charge is 0.203 e. The predicted octanol–water partition coefficient (Wildman–Crippen LogP) is 2.80. The van der Waals surface area contributed by atoms with Gasteiger partial charge in [-0.3, -0.25) is 4.68 Å². The number of hydrogen-bond donors (Lipinski definition) is 1. The van der Waals surface area contributed by atoms with Crippen molar-refractivity contribution in [3.05, 3.63) is 29.8 Å². The molecule has 108 valence electrons. The summed E-state index contributed by atoms with van der Waals surface area (Å²) in [5.74, 6) is 0.982. The number of rotatable bonds is 2. The molecule has 0 spiro atoms. The van der Waals surface area contributed by atoms with Gasteiger partial charge in [0.1, 0.15) is 0 Å². The van der Waals surface area contributed by atoms with Crippen LogP contribution in [0.5, 0.6) is 0 Å². The Balaban J connectivity index is 1.99. The number of aromatic nitrogens is 4. The third kappa shape index (κ3) is 2.21. The molecule has 0 aliphatic carbocycles. The van der Waals surface area contributed by atoms with Gasteiger partial charge in [-0.2, -0.15) is 5.10 Å². The topological polar surface area (TPSA) is 47.7 Å². The first-order chi connectivity index (χ1) is 9.49. The molecule has 1 aliphatic heterocycles. The van der Waals surface area contributed by atoms with Crippen molar-refractivity contribution in [1.82, 2.24) is 19.3 Å². The van der Waals surface area contributed by atoms with E-state index in [9.17, 15) is 0 Å². The van der Waals surface area contributed by atoms with E-state index < -0.39 is 0 Å². The van der Waals surface area contributed by atoms with Crippen LogP contribution in [0.4, 0.5) is 5.95 Å². The predicted molar refractivity (Wildman–Crippen MR) is 80.1 cm³/mol. The van der Waals surface area contributed by atoms with E-state index in [1.165, 1.54) is 5.56 Å². The van der Waals surface area contributed by atoms with Crippen molar-refractivity contribution in [3.63, 3.8) is 0 Å². The van der Waals surface area contributed by atoms with Crippen molar-refractivity contribution in [3.8, 4) is 0 Å². The fourth-order valence-corrected chi connectivity index (χ4v) is 2.63. The summed E-state index contributed by atoms with van der Waals surface area (Å²) in [7, 11) is 0. The number of fused-ring (bicyclic) bond motifs is 1. The zero-order valence-electron chi connectivity index (χ0n) is 12.7. The fourth-order valence-electron chi connectivity index (χ4n) is 2.63. The molecule has 2 aromatic heterocycles. The second-order valence-corrected chi connectivity index (χ2v) is 6.47. The summed E-state index contributed by atoms with van der Waals surface area (Å²) in [5.41, 5.74) is 2.48. The molecule has 5 heteroatoms. The highest BCUT2D eigenvalue weighted by molar-refractivity contribution is 5.36. The molecule has 3 rings (SSSR count). The van der Waals surface area contributed by atoms with Crippen molar-refractivity contribution in [2.24, 2.45) is 0 Å². The largest absolute Gasteiger partial charge is 0.356 e. The van der Waals surface area contributed by atoms with Gasteiger partial charge in [0.05, 0.1) is 17.9 Å². The summed E-state index contributed by atoms with van der Waals surface area (Å²) < 4.78 is 4.25. The second-order valence-electron chi connectivity index (χ2n) is 6.47. The fraction of sp³-hybridized carbons (Fsp3) is 0.600. The van der Waals surface area contributed by atoms with E-state index in [0.717, 1.165) is 31.2 Å². The average molecular weight is 273 g/mol. The van der Waals surface area contributed by atoms with Gasteiger partial charge in [0.15, 0.2) is 0 Å². The van der Waals surface area contributed by atoms with Gasteiger partial charge in [-0.05, 0) is 13.3 Å². The molecule has 1 unspecified atom stereocenters. The minimum atomic E-state index is 0.0736. The van der Waals surface area contributed by atoms with Crippen molar-refractivity contribution >= 4 is 5.95 Å². The number of aryl methyl sites for hydroxylation is 1. The highest BCUT2D eigenvalue weighted by Crippen LogP contribution is 2.32. The van der Waals surface area contributed by atoms with Crippen LogP contribution < -0.4 is 5.32 Å². The standard InChI is InChI=1S/C15H23N5/c1-5-19-9-11(8-17-19)12-6-7-16-14-18-13(10-20(12)14)15(2,3)4/h8-10,12H,5-7H2,1-4H3,(H,16,18). The molecule has 0 radical (unpaired) electrons. The minimum absolute atomic E-state index is 0.0736. The lowest BCUT2D eigenvalue weighted by Gasteiger charge is -2.25. The SMILES string of the molecule is CCn1cc(C2CCNc3nc(C(C)(C)C)cn32)cn1. The summed E-state index contributed by atoms with van der Waals surface area (Å²) in [4.78, 5) is 4.75. The molecule has 0 aromatic carbocycles. The average Bonchev–Trinajstić information content (AvgIpc) is 3.04. The Morgan fingerprint density at radius 2 is 2.15 bits per heavy atom. The van der Waals surface area contributed by atoms with Crippen LogP contribution >= 0.6 is 0 Å². The van der Waals surface area contributed by atoms with E-state index >= 15 is 0 Å². The monoisotopic (exact) mass is 273 g/mol. The van der Waals surface area contributed by atoms with Crippen LogP contribution in [0.25, 0.3) is 0 Å². The Morgan fingerprint density at radius 1 is 1.35 bits per heavy atom. The first kappa shape index (κ1) is 13.2. The molecule has 3 heterocycles. The molecular weight excluding hydrogens is 250 g/mol. The van der Waals surface area contributed by atoms with Gasteiger partial charge >= 0.3 is 0 Å². The summed E-state index contributed by atoms with van der Waals surface area (Å²) in [6.45, 7) is 10.6. The van der Waals surface area contributed by atoms with Gasteiger partial charge in [0.25, 0.3) is 0 Å². The number of anilines is 1. The molecule has 5 nitrogen and oxygen atoms in total. The molecule has 1 aliphatic rings. The van der Waals surface area contributed by atoms with Crippen LogP contribution in [0.15, 0.2) is 18.6 Å². The molecular formula is C15H23N5. The molecule has 20 heavy (non-hydrogen) atoms.